The Hall–Kier alpha value is -1.91. The number of aliphatic imine (C=N–C) groups is 1. The van der Waals surface area contributed by atoms with Crippen molar-refractivity contribution >= 4 is 11.5 Å². The second kappa shape index (κ2) is 5.43. The molecule has 0 aromatic heterocycles. The van der Waals surface area contributed by atoms with Crippen LogP contribution in [0.5, 0.6) is 11.5 Å². The predicted octanol–water partition coefficient (Wildman–Crippen LogP) is 1.81. The zero-order valence-corrected chi connectivity index (χ0v) is 10.1. The van der Waals surface area contributed by atoms with Crippen LogP contribution in [0.3, 0.4) is 0 Å². The van der Waals surface area contributed by atoms with E-state index in [1.165, 1.54) is 0 Å². The molecule has 0 saturated carbocycles. The van der Waals surface area contributed by atoms with Gasteiger partial charge in [-0.1, -0.05) is 6.07 Å². The van der Waals surface area contributed by atoms with Gasteiger partial charge in [-0.15, -0.1) is 0 Å². The van der Waals surface area contributed by atoms with Gasteiger partial charge in [0.1, 0.15) is 23.0 Å². The van der Waals surface area contributed by atoms with Crippen molar-refractivity contribution in [3.05, 3.63) is 18.2 Å². The first-order valence-corrected chi connectivity index (χ1v) is 5.61. The molecule has 0 unspecified atom stereocenters. The first kappa shape index (κ1) is 11.6. The van der Waals surface area contributed by atoms with Crippen molar-refractivity contribution in [1.29, 1.82) is 0 Å². The third-order valence-corrected chi connectivity index (χ3v) is 2.63. The molecular weight excluding hydrogens is 218 g/mol. The minimum atomic E-state index is 0.732. The van der Waals surface area contributed by atoms with Crippen molar-refractivity contribution in [2.45, 2.75) is 12.8 Å². The Kier molecular flexibility index (Phi) is 3.69. The molecule has 2 N–H and O–H groups in total. The zero-order chi connectivity index (χ0) is 12.1. The van der Waals surface area contributed by atoms with Crippen molar-refractivity contribution in [3.8, 4) is 11.5 Å². The summed E-state index contributed by atoms with van der Waals surface area (Å²) < 4.78 is 10.6. The van der Waals surface area contributed by atoms with Gasteiger partial charge in [-0.3, -0.25) is 15.8 Å². The molecule has 0 atom stereocenters. The maximum atomic E-state index is 5.28. The number of amidine groups is 1. The van der Waals surface area contributed by atoms with Crippen LogP contribution in [0.2, 0.25) is 0 Å². The van der Waals surface area contributed by atoms with E-state index in [0.717, 1.165) is 42.4 Å². The number of methoxy groups -OCH3 is 2. The van der Waals surface area contributed by atoms with E-state index in [1.54, 1.807) is 14.2 Å². The first-order valence-electron chi connectivity index (χ1n) is 5.61. The molecule has 0 radical (unpaired) electrons. The highest BCUT2D eigenvalue weighted by molar-refractivity contribution is 5.85. The number of hydrazine groups is 1. The highest BCUT2D eigenvalue weighted by Gasteiger charge is 2.11. The largest absolute Gasteiger partial charge is 0.494 e. The molecule has 0 aliphatic carbocycles. The maximum Gasteiger partial charge on any atom is 0.147 e. The lowest BCUT2D eigenvalue weighted by atomic mass is 10.2. The fourth-order valence-corrected chi connectivity index (χ4v) is 1.75. The van der Waals surface area contributed by atoms with Gasteiger partial charge in [-0.2, -0.15) is 0 Å². The highest BCUT2D eigenvalue weighted by atomic mass is 16.5. The summed E-state index contributed by atoms with van der Waals surface area (Å²) in [5.41, 5.74) is 6.97. The van der Waals surface area contributed by atoms with Gasteiger partial charge in [-0.05, 0) is 18.6 Å². The minimum Gasteiger partial charge on any atom is -0.494 e. The molecule has 0 spiro atoms. The number of para-hydroxylation sites is 1. The lowest BCUT2D eigenvalue weighted by molar-refractivity contribution is 0.397. The lowest BCUT2D eigenvalue weighted by Crippen LogP contribution is -2.28. The number of anilines is 1. The van der Waals surface area contributed by atoms with E-state index in [-0.39, 0.29) is 0 Å². The molecule has 1 heterocycles. The van der Waals surface area contributed by atoms with Crippen LogP contribution < -0.4 is 20.3 Å². The summed E-state index contributed by atoms with van der Waals surface area (Å²) in [4.78, 5) is 4.32. The van der Waals surface area contributed by atoms with Gasteiger partial charge in [0.15, 0.2) is 0 Å². The van der Waals surface area contributed by atoms with Crippen LogP contribution >= 0.6 is 0 Å². The Morgan fingerprint density at radius 3 is 2.35 bits per heavy atom. The van der Waals surface area contributed by atoms with E-state index in [2.05, 4.69) is 15.8 Å². The van der Waals surface area contributed by atoms with E-state index in [9.17, 15) is 0 Å². The fraction of sp³-hybridized carbons (Fsp3) is 0.417. The number of rotatable bonds is 4. The number of nitrogens with zero attached hydrogens (tertiary/aromatic N) is 1. The molecule has 0 bridgehead atoms. The summed E-state index contributed by atoms with van der Waals surface area (Å²) in [7, 11) is 3.26. The molecule has 2 rings (SSSR count). The van der Waals surface area contributed by atoms with Crippen LogP contribution in [-0.4, -0.2) is 26.6 Å². The van der Waals surface area contributed by atoms with Crippen LogP contribution in [0.4, 0.5) is 5.69 Å². The SMILES string of the molecule is COc1cccc(OC)c1NNC1=NCCC1. The molecule has 1 aliphatic heterocycles. The Morgan fingerprint density at radius 1 is 1.12 bits per heavy atom. The second-order valence-electron chi connectivity index (χ2n) is 3.72. The molecular formula is C12H17N3O2. The molecule has 17 heavy (non-hydrogen) atoms. The Balaban J connectivity index is 2.12. The molecule has 5 heteroatoms. The van der Waals surface area contributed by atoms with Gasteiger partial charge < -0.3 is 9.47 Å². The molecule has 1 aromatic carbocycles. The van der Waals surface area contributed by atoms with Crippen LogP contribution in [0.1, 0.15) is 12.8 Å². The summed E-state index contributed by atoms with van der Waals surface area (Å²) in [5.74, 6) is 2.43. The number of ether oxygens (including phenoxy) is 2. The van der Waals surface area contributed by atoms with Gasteiger partial charge in [-0.25, -0.2) is 0 Å². The van der Waals surface area contributed by atoms with Gasteiger partial charge in [0.2, 0.25) is 0 Å². The number of nitrogens with one attached hydrogen (secondary N) is 2. The van der Waals surface area contributed by atoms with Crippen molar-refractivity contribution in [1.82, 2.24) is 5.43 Å². The van der Waals surface area contributed by atoms with Crippen molar-refractivity contribution < 1.29 is 9.47 Å². The summed E-state index contributed by atoms with van der Waals surface area (Å²) in [6.07, 6.45) is 2.08. The Bertz CT molecular complexity index is 396. The Morgan fingerprint density at radius 2 is 1.82 bits per heavy atom. The number of hydrogen-bond acceptors (Lipinski definition) is 5. The lowest BCUT2D eigenvalue weighted by Gasteiger charge is -2.15. The third-order valence-electron chi connectivity index (χ3n) is 2.63. The van der Waals surface area contributed by atoms with Crippen molar-refractivity contribution in [2.75, 3.05) is 26.2 Å². The van der Waals surface area contributed by atoms with Gasteiger partial charge in [0.25, 0.3) is 0 Å². The summed E-state index contributed by atoms with van der Waals surface area (Å²) in [6, 6.07) is 5.64. The Labute approximate surface area is 101 Å². The van der Waals surface area contributed by atoms with E-state index in [1.807, 2.05) is 18.2 Å². The predicted molar refractivity (Wildman–Crippen MR) is 67.8 cm³/mol. The molecule has 0 fully saturated rings. The van der Waals surface area contributed by atoms with E-state index in [0.29, 0.717) is 0 Å². The molecule has 0 amide bonds. The average Bonchev–Trinajstić information content (AvgIpc) is 2.88. The highest BCUT2D eigenvalue weighted by Crippen LogP contribution is 2.33. The molecule has 5 nitrogen and oxygen atoms in total. The van der Waals surface area contributed by atoms with Gasteiger partial charge in [0.05, 0.1) is 14.2 Å². The third kappa shape index (κ3) is 2.61. The van der Waals surface area contributed by atoms with Crippen LogP contribution in [0.15, 0.2) is 23.2 Å². The molecule has 0 saturated heterocycles. The smallest absolute Gasteiger partial charge is 0.147 e. The van der Waals surface area contributed by atoms with E-state index in [4.69, 9.17) is 9.47 Å². The molecule has 92 valence electrons. The summed E-state index contributed by atoms with van der Waals surface area (Å²) >= 11 is 0. The normalized spacial score (nSPS) is 14.1. The van der Waals surface area contributed by atoms with Crippen molar-refractivity contribution in [3.63, 3.8) is 0 Å². The van der Waals surface area contributed by atoms with Crippen LogP contribution in [0, 0.1) is 0 Å². The number of benzene rings is 1. The van der Waals surface area contributed by atoms with E-state index >= 15 is 0 Å². The van der Waals surface area contributed by atoms with Gasteiger partial charge >= 0.3 is 0 Å². The maximum absolute atomic E-state index is 5.28. The fourth-order valence-electron chi connectivity index (χ4n) is 1.75. The minimum absolute atomic E-state index is 0.732. The van der Waals surface area contributed by atoms with Crippen LogP contribution in [0.25, 0.3) is 0 Å². The number of hydrogen-bond donors (Lipinski definition) is 2. The first-order chi connectivity index (χ1) is 8.35. The summed E-state index contributed by atoms with van der Waals surface area (Å²) in [6.45, 7) is 0.896. The quantitative estimate of drug-likeness (QED) is 0.781. The van der Waals surface area contributed by atoms with E-state index < -0.39 is 0 Å². The zero-order valence-electron chi connectivity index (χ0n) is 10.1. The molecule has 1 aliphatic rings. The average molecular weight is 235 g/mol. The topological polar surface area (TPSA) is 54.9 Å². The van der Waals surface area contributed by atoms with Crippen molar-refractivity contribution in [2.24, 2.45) is 4.99 Å². The summed E-state index contributed by atoms with van der Waals surface area (Å²) in [5, 5.41) is 0. The molecule has 1 aromatic rings. The standard InChI is InChI=1S/C12H17N3O2/c1-16-9-5-3-6-10(17-2)12(9)15-14-11-7-4-8-13-11/h3,5-6,15H,4,7-8H2,1-2H3,(H,13,14). The monoisotopic (exact) mass is 235 g/mol. The second-order valence-corrected chi connectivity index (χ2v) is 3.72. The van der Waals surface area contributed by atoms with Crippen LogP contribution in [-0.2, 0) is 0 Å². The van der Waals surface area contributed by atoms with Gasteiger partial charge in [0, 0.05) is 13.0 Å².